The molecule has 1 amide bonds. The van der Waals surface area contributed by atoms with Crippen molar-refractivity contribution in [2.24, 2.45) is 0 Å². The van der Waals surface area contributed by atoms with Gasteiger partial charge in [-0.15, -0.1) is 0 Å². The van der Waals surface area contributed by atoms with Gasteiger partial charge in [0.25, 0.3) is 0 Å². The van der Waals surface area contributed by atoms with E-state index < -0.39 is 124 Å². The summed E-state index contributed by atoms with van der Waals surface area (Å²) in [7, 11) is 0. The maximum absolute atomic E-state index is 13.5. The van der Waals surface area contributed by atoms with Gasteiger partial charge in [0.05, 0.1) is 38.6 Å². The molecule has 0 radical (unpaired) electrons. The first-order valence-corrected chi connectivity index (χ1v) is 41.7. The van der Waals surface area contributed by atoms with Crippen LogP contribution in [0.3, 0.4) is 0 Å². The SMILES string of the molecule is CC/C=C\C/C=C\C/C=C\C/C=C\C/C=C\C/C=C\CCCCCCCCCCCCCCCCCCCCC(=O)NC(COC1OC(CO)C(OC2OC(CO)C(OC3OC(CO)C(O)C(O)C3O)C(O)C2O)C(O)C1O)C(O)CCCCCCCCCCCCCCCCCCCCCCC. The molecule has 0 bridgehead atoms. The molecule has 3 rings (SSSR count). The van der Waals surface area contributed by atoms with Gasteiger partial charge < -0.3 is 89.9 Å². The Morgan fingerprint density at radius 3 is 1.05 bits per heavy atom. The minimum Gasteiger partial charge on any atom is -0.394 e. The summed E-state index contributed by atoms with van der Waals surface area (Å²) in [6, 6.07) is -0.890. The van der Waals surface area contributed by atoms with Crippen molar-refractivity contribution in [3.63, 3.8) is 0 Å². The molecule has 0 saturated carbocycles. The van der Waals surface area contributed by atoms with E-state index in [1.54, 1.807) is 0 Å². The number of ether oxygens (including phenoxy) is 6. The van der Waals surface area contributed by atoms with Crippen LogP contribution in [0, 0.1) is 0 Å². The summed E-state index contributed by atoms with van der Waals surface area (Å²) >= 11 is 0. The Balaban J connectivity index is 1.32. The van der Waals surface area contributed by atoms with E-state index in [0.717, 1.165) is 83.5 Å². The minimum atomic E-state index is -1.97. The Bertz CT molecular complexity index is 2140. The van der Waals surface area contributed by atoms with Crippen LogP contribution in [-0.4, -0.2) is 193 Å². The average Bonchev–Trinajstić information content (AvgIpc) is 0.781. The zero-order chi connectivity index (χ0) is 74.6. The largest absolute Gasteiger partial charge is 0.394 e. The number of amides is 1. The summed E-state index contributed by atoms with van der Waals surface area (Å²) in [6.07, 6.45) is 57.0. The summed E-state index contributed by atoms with van der Waals surface area (Å²) in [6.45, 7) is 1.73. The van der Waals surface area contributed by atoms with Crippen molar-refractivity contribution in [1.29, 1.82) is 0 Å². The molecule has 0 aliphatic carbocycles. The fraction of sp³-hybridized carbons (Fsp3) is 0.845. The molecule has 17 atom stereocenters. The van der Waals surface area contributed by atoms with E-state index in [4.69, 9.17) is 28.4 Å². The van der Waals surface area contributed by atoms with Gasteiger partial charge in [-0.2, -0.15) is 0 Å². The van der Waals surface area contributed by atoms with Gasteiger partial charge in [0, 0.05) is 6.42 Å². The first kappa shape index (κ1) is 94.4. The van der Waals surface area contributed by atoms with Crippen molar-refractivity contribution in [1.82, 2.24) is 5.32 Å². The Morgan fingerprint density at radius 1 is 0.359 bits per heavy atom. The van der Waals surface area contributed by atoms with Crippen molar-refractivity contribution in [3.05, 3.63) is 72.9 Å². The number of aliphatic hydroxyl groups is 11. The molecule has 3 aliphatic rings. The Kier molecular flexibility index (Phi) is 58.8. The number of carbonyl (C=O) groups is 1. The molecule has 103 heavy (non-hydrogen) atoms. The second kappa shape index (κ2) is 64.1. The van der Waals surface area contributed by atoms with Crippen LogP contribution in [-0.2, 0) is 33.2 Å². The van der Waals surface area contributed by atoms with Gasteiger partial charge in [-0.3, -0.25) is 4.79 Å². The lowest BCUT2D eigenvalue weighted by molar-refractivity contribution is -0.379. The minimum absolute atomic E-state index is 0.239. The van der Waals surface area contributed by atoms with Crippen LogP contribution in [0.1, 0.15) is 322 Å². The number of rotatable bonds is 66. The van der Waals surface area contributed by atoms with Crippen molar-refractivity contribution in [2.75, 3.05) is 26.4 Å². The first-order valence-electron chi connectivity index (χ1n) is 41.7. The van der Waals surface area contributed by atoms with E-state index in [9.17, 15) is 61.0 Å². The maximum atomic E-state index is 13.5. The smallest absolute Gasteiger partial charge is 0.220 e. The van der Waals surface area contributed by atoms with E-state index in [1.807, 2.05) is 0 Å². The van der Waals surface area contributed by atoms with Crippen LogP contribution in [0.5, 0.6) is 0 Å². The second-order valence-electron chi connectivity index (χ2n) is 29.6. The van der Waals surface area contributed by atoms with Gasteiger partial charge >= 0.3 is 0 Å². The number of aliphatic hydroxyl groups excluding tert-OH is 11. The monoisotopic (exact) mass is 1460 g/mol. The molecular formula is C84H151NO18. The summed E-state index contributed by atoms with van der Waals surface area (Å²) in [5, 5.41) is 121. The van der Waals surface area contributed by atoms with Crippen LogP contribution in [0.15, 0.2) is 72.9 Å². The van der Waals surface area contributed by atoms with E-state index in [2.05, 4.69) is 92.1 Å². The van der Waals surface area contributed by atoms with Gasteiger partial charge in [0.15, 0.2) is 18.9 Å². The molecule has 19 heteroatoms. The lowest BCUT2D eigenvalue weighted by Gasteiger charge is -2.48. The third-order valence-corrected chi connectivity index (χ3v) is 20.5. The van der Waals surface area contributed by atoms with Gasteiger partial charge in [-0.25, -0.2) is 0 Å². The molecule has 3 saturated heterocycles. The quantitative estimate of drug-likeness (QED) is 0.0199. The number of carbonyl (C=O) groups excluding carboxylic acids is 1. The highest BCUT2D eigenvalue weighted by Crippen LogP contribution is 2.33. The molecular weight excluding hydrogens is 1310 g/mol. The van der Waals surface area contributed by atoms with Gasteiger partial charge in [-0.1, -0.05) is 324 Å². The van der Waals surface area contributed by atoms with E-state index >= 15 is 0 Å². The van der Waals surface area contributed by atoms with Gasteiger partial charge in [0.2, 0.25) is 5.91 Å². The molecule has 0 aromatic carbocycles. The summed E-state index contributed by atoms with van der Waals surface area (Å²) in [5.41, 5.74) is 0. The molecule has 3 heterocycles. The fourth-order valence-electron chi connectivity index (χ4n) is 13.9. The van der Waals surface area contributed by atoms with E-state index in [1.165, 1.54) is 205 Å². The highest BCUT2D eigenvalue weighted by Gasteiger charge is 2.54. The van der Waals surface area contributed by atoms with Crippen LogP contribution >= 0.6 is 0 Å². The molecule has 0 spiro atoms. The number of allylic oxidation sites excluding steroid dienone is 12. The molecule has 19 nitrogen and oxygen atoms in total. The predicted octanol–water partition coefficient (Wildman–Crippen LogP) is 14.4. The predicted molar refractivity (Wildman–Crippen MR) is 411 cm³/mol. The van der Waals surface area contributed by atoms with Gasteiger partial charge in [-0.05, 0) is 64.2 Å². The molecule has 600 valence electrons. The standard InChI is InChI=1S/C84H151NO18/c1-3-5-7-9-11-13-15-17-19-21-23-25-26-27-28-29-30-31-32-33-34-35-36-37-38-39-40-42-44-46-48-50-52-54-56-58-60-62-72(90)85-67(68(89)61-59-57-55-53-51-49-47-45-43-41-24-22-20-18-16-14-12-10-8-6-4-2)66-98-82-78(96)75(93)80(70(64-87)100-82)103-84-79(97)76(94)81(71(65-88)101-84)102-83-77(95)74(92)73(91)69(63-86)99-83/h5,7,11,13,17,19,23,25,27-28,30-31,67-71,73-84,86-89,91-97H,3-4,6,8-10,12,14-16,18,20-22,24,26,29,32-66H2,1-2H3,(H,85,90)/b7-5-,13-11-,19-17-,25-23-,28-27-,31-30-. The zero-order valence-corrected chi connectivity index (χ0v) is 64.3. The van der Waals surface area contributed by atoms with Crippen molar-refractivity contribution in [2.45, 2.75) is 426 Å². The molecule has 12 N–H and O–H groups in total. The van der Waals surface area contributed by atoms with Crippen LogP contribution in [0.2, 0.25) is 0 Å². The lowest BCUT2D eigenvalue weighted by Crippen LogP contribution is -2.66. The molecule has 0 aromatic heterocycles. The zero-order valence-electron chi connectivity index (χ0n) is 64.3. The van der Waals surface area contributed by atoms with Crippen LogP contribution in [0.25, 0.3) is 0 Å². The third-order valence-electron chi connectivity index (χ3n) is 20.5. The Hall–Kier alpha value is -2.77. The van der Waals surface area contributed by atoms with Crippen molar-refractivity contribution >= 4 is 5.91 Å². The van der Waals surface area contributed by atoms with Crippen molar-refractivity contribution < 1.29 is 89.4 Å². The highest BCUT2D eigenvalue weighted by atomic mass is 16.8. The summed E-state index contributed by atoms with van der Waals surface area (Å²) in [4.78, 5) is 13.5. The molecule has 17 unspecified atom stereocenters. The number of nitrogens with one attached hydrogen (secondary N) is 1. The van der Waals surface area contributed by atoms with E-state index in [-0.39, 0.29) is 18.9 Å². The topological polar surface area (TPSA) is 307 Å². The lowest BCUT2D eigenvalue weighted by atomic mass is 9.96. The van der Waals surface area contributed by atoms with Crippen LogP contribution in [0.4, 0.5) is 0 Å². The third kappa shape index (κ3) is 43.9. The maximum Gasteiger partial charge on any atom is 0.220 e. The van der Waals surface area contributed by atoms with Gasteiger partial charge in [0.1, 0.15) is 73.2 Å². The summed E-state index contributed by atoms with van der Waals surface area (Å²) < 4.78 is 34.5. The first-order chi connectivity index (χ1) is 50.3. The normalized spacial score (nSPS) is 26.4. The van der Waals surface area contributed by atoms with Crippen molar-refractivity contribution in [3.8, 4) is 0 Å². The Morgan fingerprint density at radius 2 is 0.670 bits per heavy atom. The number of hydrogen-bond donors (Lipinski definition) is 12. The Labute approximate surface area is 623 Å². The number of unbranched alkanes of at least 4 members (excludes halogenated alkanes) is 38. The molecule has 3 aliphatic heterocycles. The molecule has 3 fully saturated rings. The van der Waals surface area contributed by atoms with Crippen LogP contribution < -0.4 is 5.32 Å². The second-order valence-corrected chi connectivity index (χ2v) is 29.6. The van der Waals surface area contributed by atoms with E-state index in [0.29, 0.717) is 12.8 Å². The highest BCUT2D eigenvalue weighted by molar-refractivity contribution is 5.76. The fourth-order valence-corrected chi connectivity index (χ4v) is 13.9. The number of hydrogen-bond acceptors (Lipinski definition) is 18. The summed E-state index contributed by atoms with van der Waals surface area (Å²) in [5.74, 6) is -0.239. The molecule has 0 aromatic rings. The average molecular weight is 1460 g/mol.